The van der Waals surface area contributed by atoms with Gasteiger partial charge in [0.05, 0.1) is 10.5 Å². The van der Waals surface area contributed by atoms with Crippen LogP contribution in [0.4, 0.5) is 10.1 Å². The smallest absolute Gasteiger partial charge is 0.272 e. The maximum absolute atomic E-state index is 13.9. The molecule has 0 fully saturated rings. The van der Waals surface area contributed by atoms with E-state index >= 15 is 0 Å². The molecule has 2 aromatic carbocycles. The summed E-state index contributed by atoms with van der Waals surface area (Å²) in [6.45, 7) is 2.10. The summed E-state index contributed by atoms with van der Waals surface area (Å²) in [5, 5.41) is 11.8. The van der Waals surface area contributed by atoms with Gasteiger partial charge in [0.1, 0.15) is 27.5 Å². The fourth-order valence-electron chi connectivity index (χ4n) is 4.32. The average Bonchev–Trinajstić information content (AvgIpc) is 3.16. The number of rotatable bonds is 6. The molecule has 186 valence electrons. The number of halogens is 1. The van der Waals surface area contributed by atoms with Gasteiger partial charge in [0, 0.05) is 37.6 Å². The summed E-state index contributed by atoms with van der Waals surface area (Å²) < 4.78 is 36.7. The Labute approximate surface area is 211 Å². The molecule has 3 unspecified atom stereocenters. The van der Waals surface area contributed by atoms with Crippen LogP contribution in [0, 0.1) is 23.1 Å². The molecule has 0 bridgehead atoms. The Morgan fingerprint density at radius 2 is 2.06 bits per heavy atom. The van der Waals surface area contributed by atoms with Crippen molar-refractivity contribution in [2.75, 3.05) is 12.4 Å². The zero-order chi connectivity index (χ0) is 25.9. The first kappa shape index (κ1) is 25.4. The van der Waals surface area contributed by atoms with Crippen molar-refractivity contribution in [3.8, 4) is 6.07 Å². The molecule has 0 saturated carbocycles. The number of fused-ring (bicyclic) bond motifs is 1. The first-order valence-electron chi connectivity index (χ1n) is 11.6. The van der Waals surface area contributed by atoms with E-state index in [1.54, 1.807) is 23.9 Å². The van der Waals surface area contributed by atoms with E-state index in [0.717, 1.165) is 18.9 Å². The van der Waals surface area contributed by atoms with Crippen LogP contribution in [0.3, 0.4) is 0 Å². The van der Waals surface area contributed by atoms with Gasteiger partial charge in [-0.05, 0) is 42.5 Å². The highest BCUT2D eigenvalue weighted by molar-refractivity contribution is 7.91. The zero-order valence-corrected chi connectivity index (χ0v) is 21.2. The van der Waals surface area contributed by atoms with Crippen LogP contribution in [-0.2, 0) is 23.4 Å². The van der Waals surface area contributed by atoms with Gasteiger partial charge in [-0.1, -0.05) is 49.4 Å². The molecule has 1 amide bonds. The summed E-state index contributed by atoms with van der Waals surface area (Å²) in [6, 6.07) is 15.6. The summed E-state index contributed by atoms with van der Waals surface area (Å²) in [6.07, 6.45) is 7.18. The van der Waals surface area contributed by atoms with E-state index in [1.807, 2.05) is 30.4 Å². The van der Waals surface area contributed by atoms with Crippen LogP contribution in [0.25, 0.3) is 6.08 Å². The van der Waals surface area contributed by atoms with E-state index in [2.05, 4.69) is 33.5 Å². The van der Waals surface area contributed by atoms with Crippen LogP contribution in [0.15, 0.2) is 70.1 Å². The summed E-state index contributed by atoms with van der Waals surface area (Å²) >= 11 is 0. The van der Waals surface area contributed by atoms with Crippen molar-refractivity contribution in [3.05, 3.63) is 89.0 Å². The second kappa shape index (κ2) is 10.5. The number of hydrogen-bond donors (Lipinski definition) is 2. The Balaban J connectivity index is 1.63. The molecule has 1 aromatic heterocycles. The minimum atomic E-state index is -3.01. The lowest BCUT2D eigenvalue weighted by Gasteiger charge is -2.23. The van der Waals surface area contributed by atoms with Crippen molar-refractivity contribution >= 4 is 27.6 Å². The van der Waals surface area contributed by atoms with Crippen molar-refractivity contribution in [2.24, 2.45) is 17.3 Å². The van der Waals surface area contributed by atoms with Crippen LogP contribution in [0.1, 0.15) is 40.5 Å². The first-order valence-corrected chi connectivity index (χ1v) is 13.1. The van der Waals surface area contributed by atoms with Crippen molar-refractivity contribution < 1.29 is 13.4 Å². The Kier molecular flexibility index (Phi) is 7.38. The Hall–Kier alpha value is -3.74. The third-order valence-corrected chi connectivity index (χ3v) is 8.44. The van der Waals surface area contributed by atoms with Crippen LogP contribution < -0.4 is 10.0 Å². The third kappa shape index (κ3) is 5.10. The molecule has 0 aliphatic carbocycles. The van der Waals surface area contributed by atoms with Crippen LogP contribution in [0.2, 0.25) is 0 Å². The minimum Gasteiger partial charge on any atom is -0.345 e. The maximum Gasteiger partial charge on any atom is 0.272 e. The Bertz CT molecular complexity index is 1480. The molecule has 9 heteroatoms. The lowest BCUT2D eigenvalue weighted by molar-refractivity contribution is 0.101. The summed E-state index contributed by atoms with van der Waals surface area (Å²) in [4.78, 5) is 13.7. The van der Waals surface area contributed by atoms with Gasteiger partial charge in [0.15, 0.2) is 0 Å². The minimum absolute atomic E-state index is 0.155. The molecule has 2 N–H and O–H groups in total. The molecule has 3 atom stereocenters. The number of aromatic nitrogens is 1. The first-order chi connectivity index (χ1) is 17.3. The van der Waals surface area contributed by atoms with Gasteiger partial charge in [-0.2, -0.15) is 5.26 Å². The van der Waals surface area contributed by atoms with Gasteiger partial charge in [-0.15, -0.1) is 0 Å². The van der Waals surface area contributed by atoms with Crippen LogP contribution >= 0.6 is 0 Å². The number of carbonyl (C=O) groups excluding carboxylic acids is 1. The lowest BCUT2D eigenvalue weighted by atomic mass is 9.94. The van der Waals surface area contributed by atoms with Crippen molar-refractivity contribution in [1.82, 2.24) is 9.29 Å². The highest BCUT2D eigenvalue weighted by atomic mass is 32.2. The summed E-state index contributed by atoms with van der Waals surface area (Å²) in [7, 11) is 0.191. The maximum atomic E-state index is 13.9. The highest BCUT2D eigenvalue weighted by Crippen LogP contribution is 2.30. The monoisotopic (exact) mass is 505 g/mol. The SMILES string of the molecule is CN=S1(=O)NC(C(C)CCc2ccccc2)C=Cc2c1cn(C)c2C(=O)Nc1ccc(F)c(C#N)c1. The van der Waals surface area contributed by atoms with Gasteiger partial charge < -0.3 is 9.88 Å². The van der Waals surface area contributed by atoms with Gasteiger partial charge in [0.25, 0.3) is 5.91 Å². The molecule has 2 heterocycles. The average molecular weight is 506 g/mol. The predicted molar refractivity (Wildman–Crippen MR) is 139 cm³/mol. The number of anilines is 1. The molecular formula is C27H28FN5O2S. The van der Waals surface area contributed by atoms with Crippen molar-refractivity contribution in [3.63, 3.8) is 0 Å². The molecule has 1 aliphatic rings. The fourth-order valence-corrected chi connectivity index (χ4v) is 6.19. The van der Waals surface area contributed by atoms with E-state index in [-0.39, 0.29) is 23.2 Å². The van der Waals surface area contributed by atoms with E-state index in [1.165, 1.54) is 24.7 Å². The predicted octanol–water partition coefficient (Wildman–Crippen LogP) is 4.91. The molecule has 3 aromatic rings. The van der Waals surface area contributed by atoms with Gasteiger partial charge >= 0.3 is 0 Å². The molecular weight excluding hydrogens is 477 g/mol. The lowest BCUT2D eigenvalue weighted by Crippen LogP contribution is -2.37. The van der Waals surface area contributed by atoms with Gasteiger partial charge in [-0.25, -0.2) is 17.7 Å². The largest absolute Gasteiger partial charge is 0.345 e. The normalized spacial score (nSPS) is 19.6. The molecule has 0 spiro atoms. The second-order valence-corrected chi connectivity index (χ2v) is 10.9. The quantitative estimate of drug-likeness (QED) is 0.498. The standard InChI is InChI=1S/C27H28FN5O2S/c1-18(9-10-19-7-5-4-6-8-19)24-14-12-22-25(36(35,30-2)32-24)17-33(3)26(22)27(34)31-21-11-13-23(28)20(15-21)16-29/h4-8,11-15,17-18,24H,9-10H2,1-3H3,(H,31,34)(H,30,32,35). The number of aryl methyl sites for hydroxylation is 2. The number of nitrogens with one attached hydrogen (secondary N) is 2. The molecule has 4 rings (SSSR count). The number of nitriles is 1. The molecule has 0 saturated heterocycles. The van der Waals surface area contributed by atoms with Crippen LogP contribution in [0.5, 0.6) is 0 Å². The van der Waals surface area contributed by atoms with E-state index < -0.39 is 21.6 Å². The second-order valence-electron chi connectivity index (χ2n) is 8.84. The topological polar surface area (TPSA) is 99.3 Å². The molecule has 1 aliphatic heterocycles. The van der Waals surface area contributed by atoms with Crippen molar-refractivity contribution in [2.45, 2.75) is 30.7 Å². The number of nitrogens with zero attached hydrogens (tertiary/aromatic N) is 3. The van der Waals surface area contributed by atoms with Gasteiger partial charge in [-0.3, -0.25) is 4.79 Å². The van der Waals surface area contributed by atoms with Gasteiger partial charge in [0.2, 0.25) is 0 Å². The number of carbonyl (C=O) groups is 1. The van der Waals surface area contributed by atoms with E-state index in [9.17, 15) is 13.4 Å². The van der Waals surface area contributed by atoms with E-state index in [4.69, 9.17) is 5.26 Å². The highest BCUT2D eigenvalue weighted by Gasteiger charge is 2.30. The number of hydrogen-bond acceptors (Lipinski definition) is 4. The number of amides is 1. The van der Waals surface area contributed by atoms with E-state index in [0.29, 0.717) is 16.2 Å². The molecule has 36 heavy (non-hydrogen) atoms. The molecule has 7 nitrogen and oxygen atoms in total. The zero-order valence-electron chi connectivity index (χ0n) is 20.4. The summed E-state index contributed by atoms with van der Waals surface area (Å²) in [5.74, 6) is -0.969. The Morgan fingerprint density at radius 3 is 2.75 bits per heavy atom. The van der Waals surface area contributed by atoms with Crippen molar-refractivity contribution in [1.29, 1.82) is 5.26 Å². The third-order valence-electron chi connectivity index (χ3n) is 6.41. The molecule has 0 radical (unpaired) electrons. The number of benzene rings is 2. The fraction of sp³-hybridized carbons (Fsp3) is 0.259. The van der Waals surface area contributed by atoms with Crippen LogP contribution in [-0.4, -0.2) is 27.8 Å². The summed E-state index contributed by atoms with van der Waals surface area (Å²) in [5.41, 5.74) is 2.17. The Morgan fingerprint density at radius 1 is 1.31 bits per heavy atom.